The Morgan fingerprint density at radius 3 is 2.50 bits per heavy atom. The molecule has 3 N–H and O–H groups in total. The molecule has 0 saturated carbocycles. The number of hydrogen-bond donors (Lipinski definition) is 2. The number of nitrogens with zero attached hydrogens (tertiary/aromatic N) is 1. The smallest absolute Gasteiger partial charge is 0.0992 e. The third-order valence-electron chi connectivity index (χ3n) is 2.38. The van der Waals surface area contributed by atoms with E-state index in [1.165, 1.54) is 0 Å². The second-order valence-corrected chi connectivity index (χ2v) is 4.51. The summed E-state index contributed by atoms with van der Waals surface area (Å²) in [6.07, 6.45) is 0. The molecule has 2 aromatic rings. The predicted octanol–water partition coefficient (Wildman–Crippen LogP) is 4.19. The maximum atomic E-state index is 8.85. The molecule has 0 aliphatic rings. The average Bonchev–Trinajstić information content (AvgIpc) is 2.35. The molecule has 0 atom stereocenters. The summed E-state index contributed by atoms with van der Waals surface area (Å²) in [7, 11) is 0. The molecule has 0 aromatic heterocycles. The van der Waals surface area contributed by atoms with Crippen LogP contribution in [0, 0.1) is 11.3 Å². The first-order chi connectivity index (χ1) is 8.60. The van der Waals surface area contributed by atoms with Gasteiger partial charge < -0.3 is 11.1 Å². The van der Waals surface area contributed by atoms with E-state index in [1.54, 1.807) is 36.4 Å². The van der Waals surface area contributed by atoms with Crippen LogP contribution in [0.5, 0.6) is 0 Å². The summed E-state index contributed by atoms with van der Waals surface area (Å²) in [5, 5.41) is 13.0. The first kappa shape index (κ1) is 12.6. The van der Waals surface area contributed by atoms with Gasteiger partial charge in [-0.25, -0.2) is 0 Å². The van der Waals surface area contributed by atoms with E-state index in [4.69, 9.17) is 34.2 Å². The molecule has 3 nitrogen and oxygen atoms in total. The zero-order valence-electron chi connectivity index (χ0n) is 9.24. The molecule has 5 heteroatoms. The third-order valence-corrected chi connectivity index (χ3v) is 2.93. The van der Waals surface area contributed by atoms with Crippen LogP contribution in [0.2, 0.25) is 10.0 Å². The fourth-order valence-corrected chi connectivity index (χ4v) is 1.93. The maximum Gasteiger partial charge on any atom is 0.0992 e. The summed E-state index contributed by atoms with van der Waals surface area (Å²) >= 11 is 11.9. The lowest BCUT2D eigenvalue weighted by atomic mass is 10.2. The first-order valence-corrected chi connectivity index (χ1v) is 5.87. The number of nitrogen functional groups attached to an aromatic ring is 1. The van der Waals surface area contributed by atoms with Gasteiger partial charge in [0.15, 0.2) is 0 Å². The molecular weight excluding hydrogens is 269 g/mol. The highest BCUT2D eigenvalue weighted by molar-refractivity contribution is 6.36. The van der Waals surface area contributed by atoms with Crippen LogP contribution >= 0.6 is 23.2 Å². The van der Waals surface area contributed by atoms with E-state index in [-0.39, 0.29) is 0 Å². The first-order valence-electron chi connectivity index (χ1n) is 5.12. The molecule has 2 rings (SSSR count). The van der Waals surface area contributed by atoms with Crippen LogP contribution in [0.1, 0.15) is 5.56 Å². The summed E-state index contributed by atoms with van der Waals surface area (Å²) in [5.41, 5.74) is 8.22. The lowest BCUT2D eigenvalue weighted by Crippen LogP contribution is -1.97. The van der Waals surface area contributed by atoms with Gasteiger partial charge in [0.05, 0.1) is 33.7 Å². The van der Waals surface area contributed by atoms with Gasteiger partial charge in [-0.2, -0.15) is 5.26 Å². The zero-order valence-corrected chi connectivity index (χ0v) is 10.8. The number of rotatable bonds is 2. The standard InChI is InChI=1S/C13H9Cl2N3/c14-9-2-4-12(10(15)6-9)18-13-5-8(7-16)1-3-11(13)17/h1-6,18H,17H2. The zero-order chi connectivity index (χ0) is 13.1. The highest BCUT2D eigenvalue weighted by Crippen LogP contribution is 2.30. The lowest BCUT2D eigenvalue weighted by Gasteiger charge is -2.11. The summed E-state index contributed by atoms with van der Waals surface area (Å²) in [6.45, 7) is 0. The van der Waals surface area contributed by atoms with Gasteiger partial charge in [0.1, 0.15) is 0 Å². The molecule has 0 bridgehead atoms. The number of anilines is 3. The number of halogens is 2. The number of benzene rings is 2. The Morgan fingerprint density at radius 2 is 1.83 bits per heavy atom. The molecule has 0 radical (unpaired) electrons. The van der Waals surface area contributed by atoms with Gasteiger partial charge in [-0.05, 0) is 36.4 Å². The molecule has 0 aliphatic carbocycles. The fraction of sp³-hybridized carbons (Fsp3) is 0. The van der Waals surface area contributed by atoms with E-state index in [2.05, 4.69) is 11.4 Å². The monoisotopic (exact) mass is 277 g/mol. The molecule has 0 aliphatic heterocycles. The molecule has 0 amide bonds. The second kappa shape index (κ2) is 5.18. The normalized spacial score (nSPS) is 9.83. The highest BCUT2D eigenvalue weighted by Gasteiger charge is 2.05. The van der Waals surface area contributed by atoms with Crippen molar-refractivity contribution in [3.8, 4) is 6.07 Å². The SMILES string of the molecule is N#Cc1ccc(N)c(Nc2ccc(Cl)cc2Cl)c1. The maximum absolute atomic E-state index is 8.85. The number of nitrogens with one attached hydrogen (secondary N) is 1. The van der Waals surface area contributed by atoms with Crippen molar-refractivity contribution in [2.24, 2.45) is 0 Å². The van der Waals surface area contributed by atoms with Gasteiger partial charge in [-0.3, -0.25) is 0 Å². The van der Waals surface area contributed by atoms with Gasteiger partial charge in [0.2, 0.25) is 0 Å². The number of hydrogen-bond acceptors (Lipinski definition) is 3. The Morgan fingerprint density at radius 1 is 1.06 bits per heavy atom. The predicted molar refractivity (Wildman–Crippen MR) is 75.3 cm³/mol. The summed E-state index contributed by atoms with van der Waals surface area (Å²) in [4.78, 5) is 0. The van der Waals surface area contributed by atoms with Gasteiger partial charge in [-0.15, -0.1) is 0 Å². The van der Waals surface area contributed by atoms with Gasteiger partial charge in [0.25, 0.3) is 0 Å². The number of nitrogens with two attached hydrogens (primary N) is 1. The second-order valence-electron chi connectivity index (χ2n) is 3.66. The van der Waals surface area contributed by atoms with Crippen LogP contribution in [0.15, 0.2) is 36.4 Å². The van der Waals surface area contributed by atoms with Crippen molar-refractivity contribution in [3.05, 3.63) is 52.0 Å². The van der Waals surface area contributed by atoms with E-state index in [1.807, 2.05) is 0 Å². The Kier molecular flexibility index (Phi) is 3.61. The van der Waals surface area contributed by atoms with E-state index in [0.29, 0.717) is 32.7 Å². The molecule has 0 spiro atoms. The van der Waals surface area contributed by atoms with Crippen LogP contribution < -0.4 is 11.1 Å². The van der Waals surface area contributed by atoms with Crippen LogP contribution in [0.4, 0.5) is 17.1 Å². The van der Waals surface area contributed by atoms with E-state index < -0.39 is 0 Å². The Hall–Kier alpha value is -1.89. The van der Waals surface area contributed by atoms with Crippen molar-refractivity contribution >= 4 is 40.3 Å². The molecule has 0 fully saturated rings. The quantitative estimate of drug-likeness (QED) is 0.809. The van der Waals surface area contributed by atoms with Crippen molar-refractivity contribution in [2.75, 3.05) is 11.1 Å². The largest absolute Gasteiger partial charge is 0.397 e. The van der Waals surface area contributed by atoms with Crippen LogP contribution in [0.3, 0.4) is 0 Å². The Labute approximate surface area is 115 Å². The van der Waals surface area contributed by atoms with E-state index >= 15 is 0 Å². The molecule has 90 valence electrons. The Balaban J connectivity index is 2.37. The van der Waals surface area contributed by atoms with Crippen molar-refractivity contribution in [1.29, 1.82) is 5.26 Å². The van der Waals surface area contributed by atoms with E-state index in [9.17, 15) is 0 Å². The number of nitriles is 1. The average molecular weight is 278 g/mol. The molecule has 0 heterocycles. The molecular formula is C13H9Cl2N3. The van der Waals surface area contributed by atoms with Crippen LogP contribution in [-0.4, -0.2) is 0 Å². The summed E-state index contributed by atoms with van der Waals surface area (Å²) in [5.74, 6) is 0. The topological polar surface area (TPSA) is 61.8 Å². The Bertz CT molecular complexity index is 633. The summed E-state index contributed by atoms with van der Waals surface area (Å²) < 4.78 is 0. The fourth-order valence-electron chi connectivity index (χ4n) is 1.47. The van der Waals surface area contributed by atoms with Crippen molar-refractivity contribution in [2.45, 2.75) is 0 Å². The van der Waals surface area contributed by atoms with Crippen LogP contribution in [-0.2, 0) is 0 Å². The van der Waals surface area contributed by atoms with E-state index in [0.717, 1.165) is 0 Å². The van der Waals surface area contributed by atoms with Crippen molar-refractivity contribution in [3.63, 3.8) is 0 Å². The molecule has 2 aromatic carbocycles. The van der Waals surface area contributed by atoms with Crippen molar-refractivity contribution < 1.29 is 0 Å². The lowest BCUT2D eigenvalue weighted by molar-refractivity contribution is 1.47. The minimum atomic E-state index is 0.490. The van der Waals surface area contributed by atoms with Gasteiger partial charge >= 0.3 is 0 Å². The highest BCUT2D eigenvalue weighted by atomic mass is 35.5. The third kappa shape index (κ3) is 2.67. The van der Waals surface area contributed by atoms with Crippen LogP contribution in [0.25, 0.3) is 0 Å². The van der Waals surface area contributed by atoms with Gasteiger partial charge in [-0.1, -0.05) is 23.2 Å². The minimum Gasteiger partial charge on any atom is -0.397 e. The van der Waals surface area contributed by atoms with Gasteiger partial charge in [0, 0.05) is 5.02 Å². The molecule has 0 unspecified atom stereocenters. The molecule has 0 saturated heterocycles. The van der Waals surface area contributed by atoms with Crippen molar-refractivity contribution in [1.82, 2.24) is 0 Å². The molecule has 18 heavy (non-hydrogen) atoms. The summed E-state index contributed by atoms with van der Waals surface area (Å²) in [6, 6.07) is 12.2. The minimum absolute atomic E-state index is 0.490.